The molecule has 0 bridgehead atoms. The Morgan fingerprint density at radius 3 is 2.53 bits per heavy atom. The molecule has 0 aliphatic rings. The molecule has 19 heavy (non-hydrogen) atoms. The third-order valence-electron chi connectivity index (χ3n) is 2.67. The number of hydrogen-bond acceptors (Lipinski definition) is 3. The zero-order chi connectivity index (χ0) is 14.2. The molecule has 1 heterocycles. The summed E-state index contributed by atoms with van der Waals surface area (Å²) >= 11 is 0. The van der Waals surface area contributed by atoms with Crippen molar-refractivity contribution in [2.45, 2.75) is 12.7 Å². The number of alkyl halides is 3. The fraction of sp³-hybridized carbons (Fsp3) is 0.273. The minimum Gasteiger partial charge on any atom is -0.329 e. The van der Waals surface area contributed by atoms with E-state index in [0.29, 0.717) is 4.57 Å². The van der Waals surface area contributed by atoms with Gasteiger partial charge in [0.05, 0.1) is 16.5 Å². The smallest absolute Gasteiger partial charge is 0.329 e. The number of nitrogens with zero attached hydrogens (tertiary/aromatic N) is 1. The lowest BCUT2D eigenvalue weighted by atomic mass is 10.1. The largest absolute Gasteiger partial charge is 0.417 e. The number of hydrogen-bond donors (Lipinski definition) is 2. The molecule has 0 aliphatic carbocycles. The minimum atomic E-state index is -4.67. The summed E-state index contributed by atoms with van der Waals surface area (Å²) in [6, 6.07) is 3.18. The van der Waals surface area contributed by atoms with Crippen molar-refractivity contribution in [3.05, 3.63) is 44.6 Å². The molecule has 0 radical (unpaired) electrons. The molecule has 0 atom stereocenters. The van der Waals surface area contributed by atoms with E-state index >= 15 is 0 Å². The lowest BCUT2D eigenvalue weighted by molar-refractivity contribution is -0.136. The van der Waals surface area contributed by atoms with Gasteiger partial charge in [0.15, 0.2) is 0 Å². The van der Waals surface area contributed by atoms with Crippen molar-refractivity contribution in [3.63, 3.8) is 0 Å². The maximum absolute atomic E-state index is 12.9. The zero-order valence-electron chi connectivity index (χ0n) is 9.62. The van der Waals surface area contributed by atoms with E-state index in [1.54, 1.807) is 0 Å². The van der Waals surface area contributed by atoms with Gasteiger partial charge < -0.3 is 10.7 Å². The molecule has 2 aromatic rings. The number of H-pyrrole nitrogens is 1. The Labute approximate surface area is 104 Å². The Balaban J connectivity index is 2.93. The van der Waals surface area contributed by atoms with Crippen LogP contribution in [0, 0.1) is 0 Å². The summed E-state index contributed by atoms with van der Waals surface area (Å²) in [6.45, 7) is -0.168. The van der Waals surface area contributed by atoms with Crippen LogP contribution in [-0.2, 0) is 12.7 Å². The summed E-state index contributed by atoms with van der Waals surface area (Å²) in [5.41, 5.74) is 2.25. The molecule has 2 rings (SSSR count). The van der Waals surface area contributed by atoms with Gasteiger partial charge in [-0.25, -0.2) is 4.79 Å². The molecule has 0 aliphatic heterocycles. The van der Waals surface area contributed by atoms with Gasteiger partial charge in [0.1, 0.15) is 0 Å². The van der Waals surface area contributed by atoms with Crippen LogP contribution in [0.4, 0.5) is 13.2 Å². The van der Waals surface area contributed by atoms with Crippen LogP contribution < -0.4 is 17.0 Å². The minimum absolute atomic E-state index is 0.0251. The Morgan fingerprint density at radius 1 is 1.26 bits per heavy atom. The Bertz CT molecular complexity index is 731. The van der Waals surface area contributed by atoms with Crippen molar-refractivity contribution >= 4 is 10.9 Å². The normalized spacial score (nSPS) is 12.0. The monoisotopic (exact) mass is 273 g/mol. The van der Waals surface area contributed by atoms with E-state index in [4.69, 9.17) is 5.73 Å². The van der Waals surface area contributed by atoms with Crippen molar-refractivity contribution in [1.29, 1.82) is 0 Å². The maximum atomic E-state index is 12.9. The molecule has 0 unspecified atom stereocenters. The van der Waals surface area contributed by atoms with Crippen molar-refractivity contribution in [3.8, 4) is 0 Å². The number of aromatic nitrogens is 2. The van der Waals surface area contributed by atoms with E-state index in [9.17, 15) is 22.8 Å². The molecule has 8 heteroatoms. The quantitative estimate of drug-likeness (QED) is 0.843. The highest BCUT2D eigenvalue weighted by atomic mass is 19.4. The first-order valence-electron chi connectivity index (χ1n) is 5.39. The molecular formula is C11H10F3N3O2. The number of halogens is 3. The molecule has 1 aromatic carbocycles. The number of fused-ring (bicyclic) bond motifs is 1. The average molecular weight is 273 g/mol. The SMILES string of the molecule is NCCn1c(=O)[nH]c2cccc(C(F)(F)F)c2c1=O. The average Bonchev–Trinajstić information content (AvgIpc) is 2.32. The van der Waals surface area contributed by atoms with Crippen LogP contribution in [0.25, 0.3) is 10.9 Å². The second-order valence-corrected chi connectivity index (χ2v) is 3.90. The highest BCUT2D eigenvalue weighted by molar-refractivity contribution is 5.81. The van der Waals surface area contributed by atoms with Gasteiger partial charge in [-0.2, -0.15) is 13.2 Å². The highest BCUT2D eigenvalue weighted by Gasteiger charge is 2.34. The van der Waals surface area contributed by atoms with Gasteiger partial charge in [0.25, 0.3) is 5.56 Å². The molecule has 3 N–H and O–H groups in total. The molecule has 102 valence electrons. The van der Waals surface area contributed by atoms with E-state index in [1.807, 2.05) is 0 Å². The standard InChI is InChI=1S/C11H10F3N3O2/c12-11(13,14)6-2-1-3-7-8(6)9(18)17(5-4-15)10(19)16-7/h1-3H,4-5,15H2,(H,16,19). The van der Waals surface area contributed by atoms with Crippen LogP contribution in [0.2, 0.25) is 0 Å². The van der Waals surface area contributed by atoms with Gasteiger partial charge in [-0.3, -0.25) is 9.36 Å². The van der Waals surface area contributed by atoms with Gasteiger partial charge >= 0.3 is 11.9 Å². The fourth-order valence-electron chi connectivity index (χ4n) is 1.87. The Morgan fingerprint density at radius 2 is 1.95 bits per heavy atom. The number of benzene rings is 1. The molecule has 0 fully saturated rings. The van der Waals surface area contributed by atoms with Gasteiger partial charge in [0.2, 0.25) is 0 Å². The van der Waals surface area contributed by atoms with Crippen LogP contribution in [0.3, 0.4) is 0 Å². The summed E-state index contributed by atoms with van der Waals surface area (Å²) in [7, 11) is 0. The predicted octanol–water partition coefficient (Wildman–Crippen LogP) is 0.667. The Kier molecular flexibility index (Phi) is 3.19. The summed E-state index contributed by atoms with van der Waals surface area (Å²) in [6.07, 6.45) is -4.67. The fourth-order valence-corrected chi connectivity index (χ4v) is 1.87. The highest BCUT2D eigenvalue weighted by Crippen LogP contribution is 2.32. The molecule has 1 aromatic heterocycles. The second-order valence-electron chi connectivity index (χ2n) is 3.90. The number of aromatic amines is 1. The first-order chi connectivity index (χ1) is 8.86. The maximum Gasteiger partial charge on any atom is 0.417 e. The van der Waals surface area contributed by atoms with E-state index in [0.717, 1.165) is 12.1 Å². The van der Waals surface area contributed by atoms with Crippen molar-refractivity contribution in [2.24, 2.45) is 5.73 Å². The lowest BCUT2D eigenvalue weighted by Crippen LogP contribution is -2.37. The van der Waals surface area contributed by atoms with E-state index in [1.165, 1.54) is 6.07 Å². The number of nitrogens with one attached hydrogen (secondary N) is 1. The van der Waals surface area contributed by atoms with Gasteiger partial charge in [0, 0.05) is 13.1 Å². The molecule has 0 amide bonds. The molecular weight excluding hydrogens is 263 g/mol. The van der Waals surface area contributed by atoms with Gasteiger partial charge in [-0.05, 0) is 12.1 Å². The zero-order valence-corrected chi connectivity index (χ0v) is 9.62. The predicted molar refractivity (Wildman–Crippen MR) is 62.9 cm³/mol. The van der Waals surface area contributed by atoms with E-state index in [-0.39, 0.29) is 18.6 Å². The molecule has 0 spiro atoms. The van der Waals surface area contributed by atoms with Crippen molar-refractivity contribution < 1.29 is 13.2 Å². The summed E-state index contributed by atoms with van der Waals surface area (Å²) < 4.78 is 39.2. The molecule has 0 saturated heterocycles. The van der Waals surface area contributed by atoms with Crippen molar-refractivity contribution in [2.75, 3.05) is 6.54 Å². The van der Waals surface area contributed by atoms with Gasteiger partial charge in [-0.1, -0.05) is 6.07 Å². The Hall–Kier alpha value is -2.09. The first kappa shape index (κ1) is 13.3. The van der Waals surface area contributed by atoms with E-state index < -0.39 is 28.4 Å². The number of rotatable bonds is 2. The van der Waals surface area contributed by atoms with Crippen LogP contribution in [0.5, 0.6) is 0 Å². The second kappa shape index (κ2) is 4.54. The van der Waals surface area contributed by atoms with E-state index in [2.05, 4.69) is 4.98 Å². The molecule has 5 nitrogen and oxygen atoms in total. The summed E-state index contributed by atoms with van der Waals surface area (Å²) in [4.78, 5) is 25.8. The topological polar surface area (TPSA) is 80.9 Å². The van der Waals surface area contributed by atoms with Gasteiger partial charge in [-0.15, -0.1) is 0 Å². The number of nitrogens with two attached hydrogens (primary N) is 1. The molecule has 0 saturated carbocycles. The van der Waals surface area contributed by atoms with Crippen LogP contribution >= 0.6 is 0 Å². The van der Waals surface area contributed by atoms with Crippen LogP contribution in [0.1, 0.15) is 5.56 Å². The third-order valence-corrected chi connectivity index (χ3v) is 2.67. The van der Waals surface area contributed by atoms with Crippen LogP contribution in [0.15, 0.2) is 27.8 Å². The third kappa shape index (κ3) is 2.26. The van der Waals surface area contributed by atoms with Crippen LogP contribution in [-0.4, -0.2) is 16.1 Å². The van der Waals surface area contributed by atoms with Crippen molar-refractivity contribution in [1.82, 2.24) is 9.55 Å². The first-order valence-corrected chi connectivity index (χ1v) is 5.39. The summed E-state index contributed by atoms with van der Waals surface area (Å²) in [5, 5.41) is -0.553. The lowest BCUT2D eigenvalue weighted by Gasteiger charge is -2.11. The summed E-state index contributed by atoms with van der Waals surface area (Å²) in [5.74, 6) is 0.